The average molecular weight is 156 g/mol. The van der Waals surface area contributed by atoms with Crippen LogP contribution in [0.5, 0.6) is 0 Å². The molecular weight excluding hydrogens is 136 g/mol. The van der Waals surface area contributed by atoms with E-state index in [0.717, 1.165) is 6.42 Å². The van der Waals surface area contributed by atoms with Crippen LogP contribution in [0.4, 0.5) is 0 Å². The monoisotopic (exact) mass is 156 g/mol. The van der Waals surface area contributed by atoms with Gasteiger partial charge in [-0.15, -0.1) is 0 Å². The van der Waals surface area contributed by atoms with E-state index < -0.39 is 5.60 Å². The number of hydrogen-bond acceptors (Lipinski definition) is 1. The molecule has 1 fully saturated rings. The molecule has 0 bridgehead atoms. The van der Waals surface area contributed by atoms with Crippen molar-refractivity contribution in [3.63, 3.8) is 0 Å². The van der Waals surface area contributed by atoms with Gasteiger partial charge in [0.15, 0.2) is 0 Å². The maximum Gasteiger partial charge on any atom is 0.0652 e. The second kappa shape index (κ2) is 2.48. The molecule has 1 saturated carbocycles. The zero-order valence-corrected chi connectivity index (χ0v) is 8.15. The Balaban J connectivity index is 2.45. The lowest BCUT2D eigenvalue weighted by molar-refractivity contribution is -0.00126. The highest BCUT2D eigenvalue weighted by Gasteiger charge is 2.41. The molecule has 1 heteroatoms. The maximum atomic E-state index is 9.99. The molecule has 1 atom stereocenters. The highest BCUT2D eigenvalue weighted by Crippen LogP contribution is 2.44. The maximum absolute atomic E-state index is 9.99. The Labute approximate surface area is 69.8 Å². The molecule has 1 N–H and O–H groups in total. The van der Waals surface area contributed by atoms with Crippen molar-refractivity contribution in [2.24, 2.45) is 11.3 Å². The molecule has 0 aromatic rings. The fourth-order valence-corrected chi connectivity index (χ4v) is 1.92. The lowest BCUT2D eigenvalue weighted by Gasteiger charge is -2.31. The first kappa shape index (κ1) is 9.05. The van der Waals surface area contributed by atoms with Crippen LogP contribution >= 0.6 is 0 Å². The average Bonchev–Trinajstić information content (AvgIpc) is 2.30. The van der Waals surface area contributed by atoms with Gasteiger partial charge in [0.05, 0.1) is 5.60 Å². The van der Waals surface area contributed by atoms with E-state index in [2.05, 4.69) is 20.8 Å². The van der Waals surface area contributed by atoms with E-state index in [1.54, 1.807) is 0 Å². The highest BCUT2D eigenvalue weighted by molar-refractivity contribution is 4.93. The van der Waals surface area contributed by atoms with Gasteiger partial charge < -0.3 is 5.11 Å². The first-order valence-electron chi connectivity index (χ1n) is 4.54. The van der Waals surface area contributed by atoms with Gasteiger partial charge in [-0.05, 0) is 37.5 Å². The van der Waals surface area contributed by atoms with Gasteiger partial charge in [0.1, 0.15) is 0 Å². The summed E-state index contributed by atoms with van der Waals surface area (Å²) < 4.78 is 0. The van der Waals surface area contributed by atoms with Crippen molar-refractivity contribution in [2.45, 2.75) is 52.6 Å². The molecule has 66 valence electrons. The predicted molar refractivity (Wildman–Crippen MR) is 47.4 cm³/mol. The zero-order valence-electron chi connectivity index (χ0n) is 8.15. The minimum absolute atomic E-state index is 0.256. The van der Waals surface area contributed by atoms with Crippen LogP contribution in [0, 0.1) is 11.3 Å². The van der Waals surface area contributed by atoms with Crippen LogP contribution in [-0.4, -0.2) is 10.7 Å². The molecule has 0 aromatic carbocycles. The van der Waals surface area contributed by atoms with Gasteiger partial charge in [0, 0.05) is 0 Å². The molecule has 1 unspecified atom stereocenters. The number of rotatable bonds is 2. The van der Waals surface area contributed by atoms with E-state index in [-0.39, 0.29) is 5.41 Å². The SMILES string of the molecule is CC(C)(C)CC(C)(O)C1CC1. The summed E-state index contributed by atoms with van der Waals surface area (Å²) >= 11 is 0. The van der Waals surface area contributed by atoms with Crippen LogP contribution in [-0.2, 0) is 0 Å². The molecule has 0 radical (unpaired) electrons. The van der Waals surface area contributed by atoms with Crippen molar-refractivity contribution in [2.75, 3.05) is 0 Å². The molecular formula is C10H20O. The van der Waals surface area contributed by atoms with E-state index >= 15 is 0 Å². The van der Waals surface area contributed by atoms with Crippen molar-refractivity contribution >= 4 is 0 Å². The molecule has 1 aliphatic rings. The first-order chi connectivity index (χ1) is 4.81. The minimum atomic E-state index is -0.405. The molecule has 1 nitrogen and oxygen atoms in total. The second-order valence-electron chi connectivity index (χ2n) is 5.37. The van der Waals surface area contributed by atoms with E-state index in [0.29, 0.717) is 5.92 Å². The second-order valence-corrected chi connectivity index (χ2v) is 5.37. The summed E-state index contributed by atoms with van der Waals surface area (Å²) in [4.78, 5) is 0. The Kier molecular flexibility index (Phi) is 2.04. The summed E-state index contributed by atoms with van der Waals surface area (Å²) in [6.45, 7) is 8.54. The Bertz CT molecular complexity index is 137. The van der Waals surface area contributed by atoms with Crippen molar-refractivity contribution in [1.82, 2.24) is 0 Å². The number of aliphatic hydroxyl groups is 1. The number of hydrogen-bond donors (Lipinski definition) is 1. The molecule has 0 amide bonds. The van der Waals surface area contributed by atoms with Gasteiger partial charge >= 0.3 is 0 Å². The first-order valence-corrected chi connectivity index (χ1v) is 4.54. The zero-order chi connectivity index (χ0) is 8.70. The molecule has 1 rings (SSSR count). The van der Waals surface area contributed by atoms with Crippen LogP contribution in [0.1, 0.15) is 47.0 Å². The molecule has 1 aliphatic carbocycles. The summed E-state index contributed by atoms with van der Waals surface area (Å²) in [7, 11) is 0. The van der Waals surface area contributed by atoms with Crippen LogP contribution in [0.2, 0.25) is 0 Å². The Morgan fingerprint density at radius 1 is 1.18 bits per heavy atom. The van der Waals surface area contributed by atoms with Crippen LogP contribution in [0.25, 0.3) is 0 Å². The van der Waals surface area contributed by atoms with E-state index in [4.69, 9.17) is 0 Å². The van der Waals surface area contributed by atoms with Gasteiger partial charge in [-0.3, -0.25) is 0 Å². The fourth-order valence-electron chi connectivity index (χ4n) is 1.92. The van der Waals surface area contributed by atoms with Crippen molar-refractivity contribution in [3.05, 3.63) is 0 Å². The quantitative estimate of drug-likeness (QED) is 0.651. The van der Waals surface area contributed by atoms with Gasteiger partial charge in [-0.1, -0.05) is 20.8 Å². The third-order valence-electron chi connectivity index (χ3n) is 2.35. The minimum Gasteiger partial charge on any atom is -0.390 e. The van der Waals surface area contributed by atoms with Crippen LogP contribution in [0.3, 0.4) is 0 Å². The van der Waals surface area contributed by atoms with Crippen LogP contribution < -0.4 is 0 Å². The molecule has 0 saturated heterocycles. The largest absolute Gasteiger partial charge is 0.390 e. The Morgan fingerprint density at radius 3 is 1.91 bits per heavy atom. The highest BCUT2D eigenvalue weighted by atomic mass is 16.3. The molecule has 11 heavy (non-hydrogen) atoms. The molecule has 0 heterocycles. The van der Waals surface area contributed by atoms with Crippen molar-refractivity contribution in [1.29, 1.82) is 0 Å². The smallest absolute Gasteiger partial charge is 0.0652 e. The molecule has 0 aromatic heterocycles. The summed E-state index contributed by atoms with van der Waals surface area (Å²) in [5.74, 6) is 0.585. The Morgan fingerprint density at radius 2 is 1.64 bits per heavy atom. The molecule has 0 aliphatic heterocycles. The Hall–Kier alpha value is -0.0400. The van der Waals surface area contributed by atoms with Gasteiger partial charge in [-0.2, -0.15) is 0 Å². The fraction of sp³-hybridized carbons (Fsp3) is 1.00. The van der Waals surface area contributed by atoms with Crippen LogP contribution in [0.15, 0.2) is 0 Å². The lowest BCUT2D eigenvalue weighted by atomic mass is 9.80. The standard InChI is InChI=1S/C10H20O/c1-9(2,3)7-10(4,11)8-5-6-8/h8,11H,5-7H2,1-4H3. The topological polar surface area (TPSA) is 20.2 Å². The lowest BCUT2D eigenvalue weighted by Crippen LogP contribution is -2.32. The van der Waals surface area contributed by atoms with E-state index in [1.165, 1.54) is 12.8 Å². The third-order valence-corrected chi connectivity index (χ3v) is 2.35. The van der Waals surface area contributed by atoms with Gasteiger partial charge in [0.25, 0.3) is 0 Å². The molecule has 0 spiro atoms. The third kappa shape index (κ3) is 2.82. The van der Waals surface area contributed by atoms with Crippen molar-refractivity contribution < 1.29 is 5.11 Å². The van der Waals surface area contributed by atoms with E-state index in [1.807, 2.05) is 6.92 Å². The van der Waals surface area contributed by atoms with Gasteiger partial charge in [0.2, 0.25) is 0 Å². The predicted octanol–water partition coefficient (Wildman–Crippen LogP) is 2.58. The normalized spacial score (nSPS) is 24.8. The summed E-state index contributed by atoms with van der Waals surface area (Å²) in [6, 6.07) is 0. The van der Waals surface area contributed by atoms with Gasteiger partial charge in [-0.25, -0.2) is 0 Å². The van der Waals surface area contributed by atoms with E-state index in [9.17, 15) is 5.11 Å². The van der Waals surface area contributed by atoms with Crippen molar-refractivity contribution in [3.8, 4) is 0 Å². The summed E-state index contributed by atoms with van der Waals surface area (Å²) in [5.41, 5.74) is -0.148. The summed E-state index contributed by atoms with van der Waals surface area (Å²) in [5, 5.41) is 9.99. The summed E-state index contributed by atoms with van der Waals surface area (Å²) in [6.07, 6.45) is 3.37.